The number of thioether (sulfide) groups is 1. The van der Waals surface area contributed by atoms with Crippen LogP contribution >= 0.6 is 11.8 Å². The minimum absolute atomic E-state index is 0.216. The lowest BCUT2D eigenvalue weighted by molar-refractivity contribution is -0.143. The minimum Gasteiger partial charge on any atom is -0.468 e. The fourth-order valence-corrected chi connectivity index (χ4v) is 2.76. The Bertz CT molecular complexity index is 437. The van der Waals surface area contributed by atoms with Gasteiger partial charge in [-0.25, -0.2) is 4.39 Å². The van der Waals surface area contributed by atoms with E-state index in [9.17, 15) is 9.18 Å². The van der Waals surface area contributed by atoms with Crippen molar-refractivity contribution in [2.45, 2.75) is 36.2 Å². The zero-order valence-electron chi connectivity index (χ0n) is 10.9. The Morgan fingerprint density at radius 2 is 2.37 bits per heavy atom. The van der Waals surface area contributed by atoms with Gasteiger partial charge in [0, 0.05) is 16.7 Å². The molecule has 5 heteroatoms. The number of esters is 1. The zero-order valence-corrected chi connectivity index (χ0v) is 11.7. The van der Waals surface area contributed by atoms with Crippen LogP contribution in [-0.4, -0.2) is 30.9 Å². The maximum atomic E-state index is 13.0. The quantitative estimate of drug-likeness (QED) is 0.616. The molecule has 0 heterocycles. The first-order valence-corrected chi connectivity index (χ1v) is 7.40. The summed E-state index contributed by atoms with van der Waals surface area (Å²) in [5.41, 5.74) is 0. The van der Waals surface area contributed by atoms with Crippen molar-refractivity contribution in [1.29, 1.82) is 0 Å². The minimum atomic E-state index is -0.251. The van der Waals surface area contributed by atoms with Gasteiger partial charge in [-0.2, -0.15) is 0 Å². The first-order valence-electron chi connectivity index (χ1n) is 6.41. The van der Waals surface area contributed by atoms with E-state index in [2.05, 4.69) is 5.32 Å². The number of ether oxygens (including phenoxy) is 1. The normalized spacial score (nSPS) is 16.1. The Morgan fingerprint density at radius 3 is 3.00 bits per heavy atom. The molecule has 1 aliphatic carbocycles. The Kier molecular flexibility index (Phi) is 5.22. The fourth-order valence-electron chi connectivity index (χ4n) is 1.80. The van der Waals surface area contributed by atoms with Crippen molar-refractivity contribution in [1.82, 2.24) is 5.32 Å². The molecule has 19 heavy (non-hydrogen) atoms. The Balaban J connectivity index is 1.79. The first-order chi connectivity index (χ1) is 9.19. The first kappa shape index (κ1) is 14.3. The van der Waals surface area contributed by atoms with Crippen LogP contribution in [0.25, 0.3) is 0 Å². The van der Waals surface area contributed by atoms with E-state index in [0.29, 0.717) is 12.5 Å². The van der Waals surface area contributed by atoms with Gasteiger partial charge in [0.2, 0.25) is 0 Å². The van der Waals surface area contributed by atoms with Crippen LogP contribution in [0, 0.1) is 5.82 Å². The summed E-state index contributed by atoms with van der Waals surface area (Å²) < 4.78 is 17.8. The summed E-state index contributed by atoms with van der Waals surface area (Å²) >= 11 is 1.55. The highest BCUT2D eigenvalue weighted by atomic mass is 32.2. The molecule has 1 unspecified atom stereocenters. The van der Waals surface area contributed by atoms with Crippen LogP contribution in [0.3, 0.4) is 0 Å². The van der Waals surface area contributed by atoms with Gasteiger partial charge in [-0.05, 0) is 37.5 Å². The molecule has 1 N–H and O–H groups in total. The molecule has 104 valence electrons. The molecule has 1 aromatic rings. The van der Waals surface area contributed by atoms with E-state index in [4.69, 9.17) is 4.74 Å². The highest BCUT2D eigenvalue weighted by molar-refractivity contribution is 7.99. The van der Waals surface area contributed by atoms with Gasteiger partial charge in [0.25, 0.3) is 0 Å². The second kappa shape index (κ2) is 6.91. The Morgan fingerprint density at radius 1 is 1.58 bits per heavy atom. The van der Waals surface area contributed by atoms with Gasteiger partial charge in [0.05, 0.1) is 7.11 Å². The maximum absolute atomic E-state index is 13.0. The number of halogens is 1. The monoisotopic (exact) mass is 283 g/mol. The third-order valence-corrected chi connectivity index (χ3v) is 4.00. The molecule has 0 bridgehead atoms. The molecule has 0 saturated heterocycles. The van der Waals surface area contributed by atoms with Crippen LogP contribution in [0.15, 0.2) is 29.2 Å². The number of carbonyl (C=O) groups is 1. The number of nitrogens with one attached hydrogen (secondary N) is 1. The number of benzene rings is 1. The molecule has 1 aliphatic rings. The van der Waals surface area contributed by atoms with Crippen molar-refractivity contribution in [3.8, 4) is 0 Å². The predicted octanol–water partition coefficient (Wildman–Crippen LogP) is 2.60. The van der Waals surface area contributed by atoms with Crippen molar-refractivity contribution in [3.05, 3.63) is 30.1 Å². The number of hydrogen-bond acceptors (Lipinski definition) is 4. The number of methoxy groups -OCH3 is 1. The Labute approximate surface area is 116 Å². The largest absolute Gasteiger partial charge is 0.468 e. The number of hydrogen-bond donors (Lipinski definition) is 1. The lowest BCUT2D eigenvalue weighted by Crippen LogP contribution is -2.39. The standard InChI is InChI=1S/C14H18FNO2S/c1-18-14(17)13(16-11-5-6-11)7-8-19-12-4-2-3-10(15)9-12/h2-4,9,11,13,16H,5-8H2,1H3. The van der Waals surface area contributed by atoms with E-state index < -0.39 is 0 Å². The molecule has 1 saturated carbocycles. The van der Waals surface area contributed by atoms with Gasteiger partial charge in [0.15, 0.2) is 0 Å². The van der Waals surface area contributed by atoms with Crippen molar-refractivity contribution < 1.29 is 13.9 Å². The molecule has 2 rings (SSSR count). The van der Waals surface area contributed by atoms with Crippen molar-refractivity contribution in [2.24, 2.45) is 0 Å². The van der Waals surface area contributed by atoms with E-state index in [-0.39, 0.29) is 17.8 Å². The highest BCUT2D eigenvalue weighted by Crippen LogP contribution is 2.23. The molecular weight excluding hydrogens is 265 g/mol. The van der Waals surface area contributed by atoms with Crippen LogP contribution < -0.4 is 5.32 Å². The topological polar surface area (TPSA) is 38.3 Å². The number of carbonyl (C=O) groups excluding carboxylic acids is 1. The zero-order chi connectivity index (χ0) is 13.7. The van der Waals surface area contributed by atoms with E-state index in [0.717, 1.165) is 23.5 Å². The van der Waals surface area contributed by atoms with Crippen LogP contribution in [0.2, 0.25) is 0 Å². The van der Waals surface area contributed by atoms with E-state index in [1.54, 1.807) is 17.8 Å². The molecule has 0 aromatic heterocycles. The van der Waals surface area contributed by atoms with E-state index in [1.165, 1.54) is 19.2 Å². The van der Waals surface area contributed by atoms with Gasteiger partial charge >= 0.3 is 5.97 Å². The summed E-state index contributed by atoms with van der Waals surface area (Å²) in [5.74, 6) is 0.306. The molecule has 1 aromatic carbocycles. The molecule has 1 fully saturated rings. The van der Waals surface area contributed by atoms with Crippen LogP contribution in [0.5, 0.6) is 0 Å². The maximum Gasteiger partial charge on any atom is 0.322 e. The highest BCUT2D eigenvalue weighted by Gasteiger charge is 2.28. The van der Waals surface area contributed by atoms with Crippen molar-refractivity contribution >= 4 is 17.7 Å². The molecule has 0 amide bonds. The lowest BCUT2D eigenvalue weighted by Gasteiger charge is -2.15. The molecule has 1 atom stereocenters. The summed E-state index contributed by atoms with van der Waals surface area (Å²) in [6.07, 6.45) is 2.94. The Hall–Kier alpha value is -1.07. The van der Waals surface area contributed by atoms with Crippen LogP contribution in [-0.2, 0) is 9.53 Å². The second-order valence-corrected chi connectivity index (χ2v) is 5.78. The van der Waals surface area contributed by atoms with Gasteiger partial charge in [-0.1, -0.05) is 6.07 Å². The molecule has 0 aliphatic heterocycles. The molecule has 3 nitrogen and oxygen atoms in total. The summed E-state index contributed by atoms with van der Waals surface area (Å²) in [4.78, 5) is 12.5. The van der Waals surface area contributed by atoms with Gasteiger partial charge in [0.1, 0.15) is 11.9 Å². The van der Waals surface area contributed by atoms with Crippen LogP contribution in [0.1, 0.15) is 19.3 Å². The van der Waals surface area contributed by atoms with E-state index >= 15 is 0 Å². The second-order valence-electron chi connectivity index (χ2n) is 4.61. The number of rotatable bonds is 7. The van der Waals surface area contributed by atoms with Crippen LogP contribution in [0.4, 0.5) is 4.39 Å². The fraction of sp³-hybridized carbons (Fsp3) is 0.500. The smallest absolute Gasteiger partial charge is 0.322 e. The summed E-state index contributed by atoms with van der Waals surface area (Å²) in [6, 6.07) is 6.71. The van der Waals surface area contributed by atoms with Gasteiger partial charge < -0.3 is 10.1 Å². The molecular formula is C14H18FNO2S. The average molecular weight is 283 g/mol. The predicted molar refractivity (Wildman–Crippen MR) is 73.7 cm³/mol. The van der Waals surface area contributed by atoms with Crippen molar-refractivity contribution in [2.75, 3.05) is 12.9 Å². The van der Waals surface area contributed by atoms with Gasteiger partial charge in [-0.3, -0.25) is 4.79 Å². The SMILES string of the molecule is COC(=O)C(CCSc1cccc(F)c1)NC1CC1. The lowest BCUT2D eigenvalue weighted by atomic mass is 10.2. The third-order valence-electron chi connectivity index (χ3n) is 2.97. The summed E-state index contributed by atoms with van der Waals surface area (Å²) in [5, 5.41) is 3.28. The van der Waals surface area contributed by atoms with Gasteiger partial charge in [-0.15, -0.1) is 11.8 Å². The summed E-state index contributed by atoms with van der Waals surface area (Å²) in [7, 11) is 1.41. The van der Waals surface area contributed by atoms with E-state index in [1.807, 2.05) is 6.07 Å². The van der Waals surface area contributed by atoms with Crippen molar-refractivity contribution in [3.63, 3.8) is 0 Å². The average Bonchev–Trinajstić information content (AvgIpc) is 3.21. The molecule has 0 radical (unpaired) electrons. The summed E-state index contributed by atoms with van der Waals surface area (Å²) in [6.45, 7) is 0. The molecule has 0 spiro atoms. The third kappa shape index (κ3) is 4.84.